The molecule has 39 heavy (non-hydrogen) atoms. The van der Waals surface area contributed by atoms with E-state index in [1.807, 2.05) is 54.6 Å². The lowest BCUT2D eigenvalue weighted by Gasteiger charge is -2.15. The molecule has 0 saturated heterocycles. The Balaban J connectivity index is 1.43. The number of pyridine rings is 1. The molecule has 198 valence electrons. The van der Waals surface area contributed by atoms with E-state index in [2.05, 4.69) is 21.8 Å². The number of aromatic nitrogens is 4. The smallest absolute Gasteiger partial charge is 0.259 e. The molecule has 0 spiro atoms. The Bertz CT molecular complexity index is 1620. The zero-order valence-corrected chi connectivity index (χ0v) is 22.6. The summed E-state index contributed by atoms with van der Waals surface area (Å²) in [5.41, 5.74) is 4.57. The van der Waals surface area contributed by atoms with Crippen LogP contribution in [-0.2, 0) is 13.0 Å². The minimum absolute atomic E-state index is 0.144. The van der Waals surface area contributed by atoms with Crippen LogP contribution in [0.25, 0.3) is 28.3 Å². The predicted molar refractivity (Wildman–Crippen MR) is 155 cm³/mol. The molecule has 3 heterocycles. The van der Waals surface area contributed by atoms with Gasteiger partial charge in [-0.3, -0.25) is 19.0 Å². The van der Waals surface area contributed by atoms with Gasteiger partial charge in [-0.25, -0.2) is 4.98 Å². The normalized spacial score (nSPS) is 11.1. The fraction of sp³-hybridized carbons (Fsp3) is 0.226. The van der Waals surface area contributed by atoms with E-state index in [4.69, 9.17) is 16.6 Å². The molecule has 5 rings (SSSR count). The molecule has 0 aliphatic rings. The number of nitrogens with zero attached hydrogens (tertiary/aromatic N) is 4. The summed E-state index contributed by atoms with van der Waals surface area (Å²) < 4.78 is 3.70. The van der Waals surface area contributed by atoms with Gasteiger partial charge in [0.15, 0.2) is 0 Å². The Hall–Kier alpha value is -4.23. The van der Waals surface area contributed by atoms with E-state index < -0.39 is 0 Å². The molecular weight excluding hydrogens is 510 g/mol. The molecule has 5 aromatic rings. The highest BCUT2D eigenvalue weighted by Gasteiger charge is 2.16. The average molecular weight is 540 g/mol. The maximum Gasteiger partial charge on any atom is 0.259 e. The number of halogens is 1. The average Bonchev–Trinajstić information content (AvgIpc) is 3.41. The van der Waals surface area contributed by atoms with Gasteiger partial charge in [-0.05, 0) is 48.4 Å². The van der Waals surface area contributed by atoms with Crippen LogP contribution in [0.3, 0.4) is 0 Å². The Morgan fingerprint density at radius 2 is 1.74 bits per heavy atom. The number of hydrogen-bond acceptors (Lipinski definition) is 4. The first kappa shape index (κ1) is 26.4. The maximum absolute atomic E-state index is 13.2. The summed E-state index contributed by atoms with van der Waals surface area (Å²) in [6, 6.07) is 22.2. The summed E-state index contributed by atoms with van der Waals surface area (Å²) in [6.45, 7) is 3.39. The van der Waals surface area contributed by atoms with Crippen LogP contribution in [0.15, 0.2) is 90.0 Å². The summed E-state index contributed by atoms with van der Waals surface area (Å²) in [4.78, 5) is 35.0. The summed E-state index contributed by atoms with van der Waals surface area (Å²) in [5.74, 6) is 0.448. The lowest BCUT2D eigenvalue weighted by atomic mass is 10.1. The van der Waals surface area contributed by atoms with Crippen LogP contribution in [-0.4, -0.2) is 31.4 Å². The number of benzene rings is 2. The number of aryl methyl sites for hydroxylation is 1. The summed E-state index contributed by atoms with van der Waals surface area (Å²) in [7, 11) is 0. The number of hydrogen-bond donors (Lipinski definition) is 1. The monoisotopic (exact) mass is 539 g/mol. The van der Waals surface area contributed by atoms with E-state index in [0.717, 1.165) is 48.3 Å². The van der Waals surface area contributed by atoms with Crippen molar-refractivity contribution < 1.29 is 4.79 Å². The van der Waals surface area contributed by atoms with E-state index in [9.17, 15) is 9.59 Å². The van der Waals surface area contributed by atoms with E-state index in [0.29, 0.717) is 35.0 Å². The van der Waals surface area contributed by atoms with Crippen molar-refractivity contribution in [3.05, 3.63) is 112 Å². The third kappa shape index (κ3) is 6.10. The number of carbonyl (C=O) groups is 1. The second-order valence-corrected chi connectivity index (χ2v) is 9.87. The van der Waals surface area contributed by atoms with Crippen molar-refractivity contribution in [3.8, 4) is 22.5 Å². The highest BCUT2D eigenvalue weighted by molar-refractivity contribution is 6.30. The first-order valence-corrected chi connectivity index (χ1v) is 13.6. The van der Waals surface area contributed by atoms with Crippen LogP contribution in [0.1, 0.15) is 42.2 Å². The molecule has 3 aromatic heterocycles. The van der Waals surface area contributed by atoms with Gasteiger partial charge >= 0.3 is 0 Å². The number of fused-ring (bicyclic) bond motifs is 1. The first-order chi connectivity index (χ1) is 19.0. The number of rotatable bonds is 10. The Morgan fingerprint density at radius 1 is 0.974 bits per heavy atom. The summed E-state index contributed by atoms with van der Waals surface area (Å²) >= 11 is 6.06. The van der Waals surface area contributed by atoms with Gasteiger partial charge in [-0.1, -0.05) is 61.7 Å². The molecular formula is C31H30ClN5O2. The molecule has 1 amide bonds. The van der Waals surface area contributed by atoms with Gasteiger partial charge in [0.05, 0.1) is 11.4 Å². The van der Waals surface area contributed by atoms with E-state index in [1.165, 1.54) is 0 Å². The fourth-order valence-electron chi connectivity index (χ4n) is 4.58. The molecule has 0 unspecified atom stereocenters. The molecule has 0 aliphatic heterocycles. The van der Waals surface area contributed by atoms with Gasteiger partial charge in [-0.2, -0.15) is 0 Å². The molecule has 0 bridgehead atoms. The summed E-state index contributed by atoms with van der Waals surface area (Å²) in [6.07, 6.45) is 7.30. The van der Waals surface area contributed by atoms with Crippen molar-refractivity contribution in [1.29, 1.82) is 0 Å². The molecule has 8 heteroatoms. The minimum Gasteiger partial charge on any atom is -0.352 e. The molecule has 0 atom stereocenters. The number of imidazole rings is 1. The molecule has 0 aliphatic carbocycles. The first-order valence-electron chi connectivity index (χ1n) is 13.2. The largest absolute Gasteiger partial charge is 0.352 e. The minimum atomic E-state index is -0.157. The molecule has 2 aromatic carbocycles. The third-order valence-electron chi connectivity index (χ3n) is 6.68. The highest BCUT2D eigenvalue weighted by atomic mass is 35.5. The zero-order valence-electron chi connectivity index (χ0n) is 21.8. The zero-order chi connectivity index (χ0) is 27.2. The maximum atomic E-state index is 13.2. The number of carbonyl (C=O) groups excluding carboxylic acids is 1. The van der Waals surface area contributed by atoms with Crippen molar-refractivity contribution in [3.63, 3.8) is 0 Å². The van der Waals surface area contributed by atoms with Crippen molar-refractivity contribution in [1.82, 2.24) is 24.3 Å². The van der Waals surface area contributed by atoms with Gasteiger partial charge in [0.2, 0.25) is 5.78 Å². The van der Waals surface area contributed by atoms with Crippen molar-refractivity contribution in [2.24, 2.45) is 0 Å². The van der Waals surface area contributed by atoms with Gasteiger partial charge in [0.25, 0.3) is 11.5 Å². The van der Waals surface area contributed by atoms with Gasteiger partial charge < -0.3 is 9.88 Å². The van der Waals surface area contributed by atoms with Crippen LogP contribution in [0, 0.1) is 0 Å². The van der Waals surface area contributed by atoms with Crippen molar-refractivity contribution in [2.75, 3.05) is 6.54 Å². The number of amides is 1. The van der Waals surface area contributed by atoms with Crippen LogP contribution in [0.4, 0.5) is 0 Å². The fourth-order valence-corrected chi connectivity index (χ4v) is 4.71. The summed E-state index contributed by atoms with van der Waals surface area (Å²) in [5, 5.41) is 3.60. The molecule has 0 saturated carbocycles. The molecule has 0 fully saturated rings. The second kappa shape index (κ2) is 12.1. The Labute approximate surface area is 232 Å². The standard InChI is InChI=1S/C31H30ClN5O2/c1-2-3-6-19-36-28(20-29(38)37-21-27(35-31(36)37)22-12-14-25(32)15-13-22)23-8-10-24(11-9-23)30(39)34-18-16-26-7-4-5-17-33-26/h4-5,7-15,17,20-21H,2-3,6,16,18-19H2,1H3,(H,34,39). The molecule has 7 nitrogen and oxygen atoms in total. The number of nitrogens with one attached hydrogen (secondary N) is 1. The topological polar surface area (TPSA) is 81.3 Å². The van der Waals surface area contributed by atoms with Crippen LogP contribution < -0.4 is 10.9 Å². The van der Waals surface area contributed by atoms with Gasteiger partial charge in [0.1, 0.15) is 0 Å². The SMILES string of the molecule is CCCCCn1c(-c2ccc(C(=O)NCCc3ccccn3)cc2)cc(=O)n2cc(-c3ccc(Cl)cc3)nc12. The quantitative estimate of drug-likeness (QED) is 0.219. The van der Waals surface area contributed by atoms with Gasteiger partial charge in [-0.15, -0.1) is 0 Å². The van der Waals surface area contributed by atoms with Crippen LogP contribution in [0.5, 0.6) is 0 Å². The molecule has 1 N–H and O–H groups in total. The van der Waals surface area contributed by atoms with E-state index in [-0.39, 0.29) is 11.5 Å². The Morgan fingerprint density at radius 3 is 2.46 bits per heavy atom. The van der Waals surface area contributed by atoms with Crippen LogP contribution in [0.2, 0.25) is 5.02 Å². The number of unbranched alkanes of at least 4 members (excludes halogenated alkanes) is 2. The van der Waals surface area contributed by atoms with Crippen molar-refractivity contribution >= 4 is 23.3 Å². The van der Waals surface area contributed by atoms with Crippen LogP contribution >= 0.6 is 11.6 Å². The lowest BCUT2D eigenvalue weighted by molar-refractivity contribution is 0.0954. The second-order valence-electron chi connectivity index (χ2n) is 9.43. The lowest BCUT2D eigenvalue weighted by Crippen LogP contribution is -2.25. The van der Waals surface area contributed by atoms with Crippen molar-refractivity contribution in [2.45, 2.75) is 39.2 Å². The highest BCUT2D eigenvalue weighted by Crippen LogP contribution is 2.25. The Kier molecular flexibility index (Phi) is 8.18. The van der Waals surface area contributed by atoms with E-state index >= 15 is 0 Å². The predicted octanol–water partition coefficient (Wildman–Crippen LogP) is 6.04. The third-order valence-corrected chi connectivity index (χ3v) is 6.93. The molecule has 0 radical (unpaired) electrons. The van der Waals surface area contributed by atoms with Gasteiger partial charge in [0, 0.05) is 59.8 Å². The van der Waals surface area contributed by atoms with E-state index in [1.54, 1.807) is 35.0 Å².